The number of aromatic amines is 1. The number of pyridine rings is 1. The summed E-state index contributed by atoms with van der Waals surface area (Å²) in [5.41, 5.74) is -3.40. The summed E-state index contributed by atoms with van der Waals surface area (Å²) in [4.78, 5) is 22.2. The van der Waals surface area contributed by atoms with Crippen LogP contribution in [0, 0.1) is 10.1 Å². The Balaban J connectivity index is 3.50. The second-order valence-corrected chi connectivity index (χ2v) is 2.67. The summed E-state index contributed by atoms with van der Waals surface area (Å²) in [6.45, 7) is 0. The van der Waals surface area contributed by atoms with Crippen LogP contribution >= 0.6 is 11.6 Å². The van der Waals surface area contributed by atoms with Crippen molar-refractivity contribution in [2.24, 2.45) is 0 Å². The van der Waals surface area contributed by atoms with E-state index in [1.807, 2.05) is 4.98 Å². The number of hydrogen-bond donors (Lipinski definition) is 1. The van der Waals surface area contributed by atoms with Crippen molar-refractivity contribution in [1.29, 1.82) is 0 Å². The molecule has 8 heteroatoms. The molecule has 0 aliphatic heterocycles. The number of halogens is 3. The first-order valence-corrected chi connectivity index (χ1v) is 3.66. The Kier molecular flexibility index (Phi) is 2.80. The van der Waals surface area contributed by atoms with Gasteiger partial charge >= 0.3 is 5.69 Å². The molecule has 76 valence electrons. The first kappa shape index (κ1) is 10.6. The van der Waals surface area contributed by atoms with Gasteiger partial charge in [-0.2, -0.15) is 0 Å². The van der Waals surface area contributed by atoms with E-state index in [-0.39, 0.29) is 0 Å². The summed E-state index contributed by atoms with van der Waals surface area (Å²) >= 11 is 5.24. The zero-order chi connectivity index (χ0) is 10.9. The number of aromatic nitrogens is 1. The van der Waals surface area contributed by atoms with Gasteiger partial charge in [0, 0.05) is 0 Å². The van der Waals surface area contributed by atoms with E-state index in [9.17, 15) is 23.7 Å². The summed E-state index contributed by atoms with van der Waals surface area (Å²) in [6, 6.07) is 0. The monoisotopic (exact) mass is 224 g/mol. The van der Waals surface area contributed by atoms with E-state index in [1.165, 1.54) is 0 Å². The summed E-state index contributed by atoms with van der Waals surface area (Å²) in [7, 11) is 0. The maximum atomic E-state index is 12.2. The van der Waals surface area contributed by atoms with Crippen LogP contribution in [0.3, 0.4) is 0 Å². The first-order chi connectivity index (χ1) is 6.45. The van der Waals surface area contributed by atoms with Gasteiger partial charge in [0.1, 0.15) is 10.7 Å². The van der Waals surface area contributed by atoms with Gasteiger partial charge in [-0.05, 0) is 0 Å². The first-order valence-electron chi connectivity index (χ1n) is 3.28. The molecule has 0 aromatic carbocycles. The van der Waals surface area contributed by atoms with Crippen LogP contribution in [0.15, 0.2) is 11.0 Å². The van der Waals surface area contributed by atoms with Crippen molar-refractivity contribution in [3.05, 3.63) is 37.3 Å². The standard InChI is InChI=1S/C6H3ClF2N2O3/c7-5-3(6(8)9)4(12)2(1-10-5)11(13)14/h1,6H,(H,10,12). The predicted octanol–water partition coefficient (Wildman–Crippen LogP) is 1.87. The molecule has 0 unspecified atom stereocenters. The Morgan fingerprint density at radius 2 is 2.14 bits per heavy atom. The Labute approximate surface area is 80.5 Å². The Morgan fingerprint density at radius 1 is 1.57 bits per heavy atom. The molecule has 0 fully saturated rings. The molecule has 0 saturated heterocycles. The smallest absolute Gasteiger partial charge is 0.332 e. The molecular weight excluding hydrogens is 222 g/mol. The minimum atomic E-state index is -3.15. The molecule has 14 heavy (non-hydrogen) atoms. The molecule has 1 N–H and O–H groups in total. The van der Waals surface area contributed by atoms with Crippen LogP contribution in [0.2, 0.25) is 5.15 Å². The van der Waals surface area contributed by atoms with Crippen molar-refractivity contribution in [2.45, 2.75) is 6.43 Å². The van der Waals surface area contributed by atoms with Crippen molar-refractivity contribution >= 4 is 17.3 Å². The lowest BCUT2D eigenvalue weighted by atomic mass is 10.2. The van der Waals surface area contributed by atoms with Crippen molar-refractivity contribution in [3.8, 4) is 0 Å². The molecule has 0 amide bonds. The zero-order valence-electron chi connectivity index (χ0n) is 6.46. The van der Waals surface area contributed by atoms with E-state index in [1.54, 1.807) is 0 Å². The van der Waals surface area contributed by atoms with Gasteiger partial charge in [-0.3, -0.25) is 14.9 Å². The maximum absolute atomic E-state index is 12.2. The number of alkyl halides is 2. The Morgan fingerprint density at radius 3 is 2.57 bits per heavy atom. The molecule has 0 spiro atoms. The number of hydrogen-bond acceptors (Lipinski definition) is 3. The Hall–Kier alpha value is -1.50. The summed E-state index contributed by atoms with van der Waals surface area (Å²) < 4.78 is 24.4. The largest absolute Gasteiger partial charge is 0.346 e. The maximum Gasteiger partial charge on any atom is 0.332 e. The highest BCUT2D eigenvalue weighted by atomic mass is 35.5. The molecule has 1 aromatic heterocycles. The summed E-state index contributed by atoms with van der Waals surface area (Å²) in [6.07, 6.45) is -2.47. The van der Waals surface area contributed by atoms with Crippen molar-refractivity contribution in [1.82, 2.24) is 4.98 Å². The number of nitrogens with zero attached hydrogens (tertiary/aromatic N) is 1. The molecule has 0 aliphatic carbocycles. The molecule has 1 heterocycles. The third kappa shape index (κ3) is 1.72. The fraction of sp³-hybridized carbons (Fsp3) is 0.167. The van der Waals surface area contributed by atoms with Crippen LogP contribution in [0.25, 0.3) is 0 Å². The average molecular weight is 225 g/mol. The number of nitrogens with one attached hydrogen (secondary N) is 1. The molecule has 5 nitrogen and oxygen atoms in total. The van der Waals surface area contributed by atoms with Gasteiger partial charge in [0.15, 0.2) is 0 Å². The van der Waals surface area contributed by atoms with Gasteiger partial charge in [-0.15, -0.1) is 0 Å². The Bertz CT molecular complexity index is 432. The number of H-pyrrole nitrogens is 1. The van der Waals surface area contributed by atoms with Gasteiger partial charge in [0.2, 0.25) is 0 Å². The SMILES string of the molecule is O=c1c([N+](=O)[O-])c[nH]c(Cl)c1C(F)F. The fourth-order valence-electron chi connectivity index (χ4n) is 0.843. The lowest BCUT2D eigenvalue weighted by Gasteiger charge is -2.00. The summed E-state index contributed by atoms with van der Waals surface area (Å²) in [5, 5.41) is 9.62. The molecule has 0 atom stereocenters. The van der Waals surface area contributed by atoms with E-state index >= 15 is 0 Å². The van der Waals surface area contributed by atoms with Crippen LogP contribution in [-0.4, -0.2) is 9.91 Å². The quantitative estimate of drug-likeness (QED) is 0.473. The van der Waals surface area contributed by atoms with Crippen molar-refractivity contribution < 1.29 is 13.7 Å². The normalized spacial score (nSPS) is 10.6. The zero-order valence-corrected chi connectivity index (χ0v) is 7.22. The van der Waals surface area contributed by atoms with E-state index in [0.29, 0.717) is 6.20 Å². The van der Waals surface area contributed by atoms with Gasteiger partial charge < -0.3 is 4.98 Å². The van der Waals surface area contributed by atoms with Gasteiger partial charge in [0.05, 0.1) is 11.1 Å². The van der Waals surface area contributed by atoms with E-state index in [0.717, 1.165) is 0 Å². The number of nitro groups is 1. The van der Waals surface area contributed by atoms with Gasteiger partial charge in [-0.1, -0.05) is 11.6 Å². The van der Waals surface area contributed by atoms with E-state index in [2.05, 4.69) is 0 Å². The van der Waals surface area contributed by atoms with E-state index < -0.39 is 33.2 Å². The lowest BCUT2D eigenvalue weighted by Crippen LogP contribution is -2.15. The summed E-state index contributed by atoms with van der Waals surface area (Å²) in [5.74, 6) is 0. The highest BCUT2D eigenvalue weighted by molar-refractivity contribution is 6.30. The minimum Gasteiger partial charge on any atom is -0.346 e. The average Bonchev–Trinajstić information content (AvgIpc) is 2.02. The molecule has 0 bridgehead atoms. The predicted molar refractivity (Wildman–Crippen MR) is 43.7 cm³/mol. The second kappa shape index (κ2) is 3.70. The van der Waals surface area contributed by atoms with Gasteiger partial charge in [-0.25, -0.2) is 8.78 Å². The van der Waals surface area contributed by atoms with Gasteiger partial charge in [0.25, 0.3) is 11.9 Å². The lowest BCUT2D eigenvalue weighted by molar-refractivity contribution is -0.386. The highest BCUT2D eigenvalue weighted by Crippen LogP contribution is 2.23. The third-order valence-electron chi connectivity index (χ3n) is 1.46. The molecular formula is C6H3ClF2N2O3. The third-order valence-corrected chi connectivity index (χ3v) is 1.78. The second-order valence-electron chi connectivity index (χ2n) is 2.29. The van der Waals surface area contributed by atoms with Crippen LogP contribution in [0.4, 0.5) is 14.5 Å². The van der Waals surface area contributed by atoms with Crippen LogP contribution in [0.1, 0.15) is 12.0 Å². The minimum absolute atomic E-state index is 0.587. The van der Waals surface area contributed by atoms with Crippen LogP contribution in [0.5, 0.6) is 0 Å². The van der Waals surface area contributed by atoms with Crippen molar-refractivity contribution in [2.75, 3.05) is 0 Å². The van der Waals surface area contributed by atoms with Crippen LogP contribution < -0.4 is 5.43 Å². The topological polar surface area (TPSA) is 76.0 Å². The highest BCUT2D eigenvalue weighted by Gasteiger charge is 2.24. The molecule has 1 aromatic rings. The fourth-order valence-corrected chi connectivity index (χ4v) is 1.07. The van der Waals surface area contributed by atoms with Crippen molar-refractivity contribution in [3.63, 3.8) is 0 Å². The van der Waals surface area contributed by atoms with E-state index in [4.69, 9.17) is 11.6 Å². The van der Waals surface area contributed by atoms with Crippen LogP contribution in [-0.2, 0) is 0 Å². The molecule has 0 saturated carbocycles. The molecule has 1 rings (SSSR count). The molecule has 0 aliphatic rings. The number of rotatable bonds is 2. The molecule has 0 radical (unpaired) electrons.